The normalized spacial score (nSPS) is 11.1. The number of aryl methyl sites for hydroxylation is 1. The lowest BCUT2D eigenvalue weighted by molar-refractivity contribution is 0.0998. The lowest BCUT2D eigenvalue weighted by Gasteiger charge is -2.19. The van der Waals surface area contributed by atoms with E-state index in [0.717, 1.165) is 22.5 Å². The molecule has 3 heterocycles. The van der Waals surface area contributed by atoms with Gasteiger partial charge in [0, 0.05) is 22.5 Å². The summed E-state index contributed by atoms with van der Waals surface area (Å²) in [6, 6.07) is 13.6. The molecule has 0 fully saturated rings. The molecule has 0 aliphatic carbocycles. The van der Waals surface area contributed by atoms with Crippen LogP contribution in [0.3, 0.4) is 0 Å². The van der Waals surface area contributed by atoms with Crippen LogP contribution in [0.5, 0.6) is 0 Å². The number of nitrogens with two attached hydrogens (primary N) is 1. The molecular formula is C23H21N3O2S. The van der Waals surface area contributed by atoms with Crippen LogP contribution in [0.25, 0.3) is 27.2 Å². The van der Waals surface area contributed by atoms with Gasteiger partial charge in [-0.05, 0) is 60.2 Å². The van der Waals surface area contributed by atoms with Crippen molar-refractivity contribution in [2.45, 2.75) is 26.7 Å². The third kappa shape index (κ3) is 3.36. The maximum absolute atomic E-state index is 13.0. The van der Waals surface area contributed by atoms with Crippen LogP contribution in [0.4, 0.5) is 0 Å². The van der Waals surface area contributed by atoms with Crippen LogP contribution in [0, 0.1) is 6.92 Å². The molecule has 1 amide bonds. The fourth-order valence-electron chi connectivity index (χ4n) is 3.64. The van der Waals surface area contributed by atoms with Crippen molar-refractivity contribution in [3.05, 3.63) is 81.1 Å². The molecule has 0 bridgehead atoms. The summed E-state index contributed by atoms with van der Waals surface area (Å²) in [6.45, 7) is 4.08. The van der Waals surface area contributed by atoms with Crippen LogP contribution < -0.4 is 11.2 Å². The van der Waals surface area contributed by atoms with Crippen molar-refractivity contribution in [1.82, 2.24) is 9.55 Å². The number of benzene rings is 1. The molecule has 0 spiro atoms. The SMILES string of the molecule is CCCc1c(C(N)=O)c(=O)c2cccnc2n1-c1cccc(-c2cc(C)cs2)c1. The predicted molar refractivity (Wildman–Crippen MR) is 118 cm³/mol. The lowest BCUT2D eigenvalue weighted by atomic mass is 10.0. The Bertz CT molecular complexity index is 1290. The van der Waals surface area contributed by atoms with Crippen LogP contribution in [0.1, 0.15) is 35.0 Å². The van der Waals surface area contributed by atoms with Crippen LogP contribution in [0.2, 0.25) is 0 Å². The van der Waals surface area contributed by atoms with Gasteiger partial charge in [0.1, 0.15) is 11.2 Å². The molecule has 0 aliphatic heterocycles. The third-order valence-corrected chi connectivity index (χ3v) is 5.98. The van der Waals surface area contributed by atoms with Gasteiger partial charge in [-0.3, -0.25) is 14.2 Å². The first kappa shape index (κ1) is 19.1. The monoisotopic (exact) mass is 403 g/mol. The van der Waals surface area contributed by atoms with Crippen molar-refractivity contribution < 1.29 is 4.79 Å². The van der Waals surface area contributed by atoms with E-state index < -0.39 is 5.91 Å². The first-order valence-corrected chi connectivity index (χ1v) is 10.4. The van der Waals surface area contributed by atoms with E-state index in [4.69, 9.17) is 5.73 Å². The second-order valence-electron chi connectivity index (χ2n) is 7.01. The second-order valence-corrected chi connectivity index (χ2v) is 7.92. The number of thiophene rings is 1. The Morgan fingerprint density at radius 1 is 1.21 bits per heavy atom. The van der Waals surface area contributed by atoms with E-state index in [1.54, 1.807) is 29.7 Å². The number of aromatic nitrogens is 2. The van der Waals surface area contributed by atoms with Gasteiger partial charge < -0.3 is 5.73 Å². The first-order chi connectivity index (χ1) is 14.0. The second kappa shape index (κ2) is 7.64. The topological polar surface area (TPSA) is 78.0 Å². The van der Waals surface area contributed by atoms with Gasteiger partial charge in [0.15, 0.2) is 0 Å². The molecule has 0 atom stereocenters. The smallest absolute Gasteiger partial charge is 0.254 e. The highest BCUT2D eigenvalue weighted by atomic mass is 32.1. The third-order valence-electron chi connectivity index (χ3n) is 4.88. The quantitative estimate of drug-likeness (QED) is 0.534. The fraction of sp³-hybridized carbons (Fsp3) is 0.174. The summed E-state index contributed by atoms with van der Waals surface area (Å²) in [5.41, 5.74) is 9.61. The Labute approximate surface area is 172 Å². The standard InChI is InChI=1S/C23H21N3O2S/c1-3-6-18-20(22(24)28)21(27)17-9-5-10-25-23(17)26(18)16-8-4-7-15(12-16)19-11-14(2)13-29-19/h4-5,7-13H,3,6H2,1-2H3,(H2,24,28). The molecule has 2 N–H and O–H groups in total. The fourth-order valence-corrected chi connectivity index (χ4v) is 4.54. The van der Waals surface area contributed by atoms with Crippen LogP contribution >= 0.6 is 11.3 Å². The lowest BCUT2D eigenvalue weighted by Crippen LogP contribution is -2.28. The molecule has 4 rings (SSSR count). The number of carbonyl (C=O) groups excluding carboxylic acids is 1. The molecule has 6 heteroatoms. The number of hydrogen-bond acceptors (Lipinski definition) is 4. The van der Waals surface area contributed by atoms with E-state index in [0.29, 0.717) is 23.1 Å². The summed E-state index contributed by atoms with van der Waals surface area (Å²) in [5, 5.41) is 2.50. The van der Waals surface area contributed by atoms with Gasteiger partial charge in [-0.2, -0.15) is 0 Å². The predicted octanol–water partition coefficient (Wildman–Crippen LogP) is 4.47. The van der Waals surface area contributed by atoms with Crippen LogP contribution in [-0.2, 0) is 6.42 Å². The van der Waals surface area contributed by atoms with Gasteiger partial charge >= 0.3 is 0 Å². The Kier molecular flexibility index (Phi) is 5.03. The molecular weight excluding hydrogens is 382 g/mol. The number of carbonyl (C=O) groups is 1. The van der Waals surface area contributed by atoms with Gasteiger partial charge in [-0.15, -0.1) is 11.3 Å². The minimum atomic E-state index is -0.706. The Balaban J connectivity index is 2.08. The number of pyridine rings is 2. The number of hydrogen-bond donors (Lipinski definition) is 1. The van der Waals surface area contributed by atoms with Crippen molar-refractivity contribution >= 4 is 28.3 Å². The van der Waals surface area contributed by atoms with Gasteiger partial charge in [0.05, 0.1) is 5.39 Å². The van der Waals surface area contributed by atoms with Gasteiger partial charge in [-0.1, -0.05) is 25.5 Å². The molecule has 146 valence electrons. The molecule has 0 saturated carbocycles. The maximum Gasteiger partial charge on any atom is 0.254 e. The summed E-state index contributed by atoms with van der Waals surface area (Å²) in [4.78, 5) is 30.9. The van der Waals surface area contributed by atoms with Crippen molar-refractivity contribution in [2.75, 3.05) is 0 Å². The number of primary amides is 1. The minimum Gasteiger partial charge on any atom is -0.365 e. The number of fused-ring (bicyclic) bond motifs is 1. The minimum absolute atomic E-state index is 0.0460. The van der Waals surface area contributed by atoms with Gasteiger partial charge in [-0.25, -0.2) is 4.98 Å². The molecule has 0 unspecified atom stereocenters. The highest BCUT2D eigenvalue weighted by molar-refractivity contribution is 7.13. The molecule has 0 radical (unpaired) electrons. The maximum atomic E-state index is 13.0. The van der Waals surface area contributed by atoms with Crippen LogP contribution in [-0.4, -0.2) is 15.5 Å². The number of nitrogens with zero attached hydrogens (tertiary/aromatic N) is 2. The zero-order valence-electron chi connectivity index (χ0n) is 16.3. The van der Waals surface area contributed by atoms with Crippen molar-refractivity contribution in [3.63, 3.8) is 0 Å². The van der Waals surface area contributed by atoms with E-state index in [1.807, 2.05) is 23.6 Å². The Morgan fingerprint density at radius 2 is 2.03 bits per heavy atom. The molecule has 29 heavy (non-hydrogen) atoms. The van der Waals surface area contributed by atoms with Gasteiger partial charge in [0.25, 0.3) is 5.91 Å². The van der Waals surface area contributed by atoms with Crippen molar-refractivity contribution in [3.8, 4) is 16.1 Å². The van der Waals surface area contributed by atoms with Gasteiger partial charge in [0.2, 0.25) is 5.43 Å². The molecule has 4 aromatic rings. The summed E-state index contributed by atoms with van der Waals surface area (Å²) in [6.07, 6.45) is 2.97. The highest BCUT2D eigenvalue weighted by Gasteiger charge is 2.22. The average Bonchev–Trinajstić information content (AvgIpc) is 3.15. The Hall–Kier alpha value is -3.25. The van der Waals surface area contributed by atoms with E-state index in [2.05, 4.69) is 35.5 Å². The zero-order chi connectivity index (χ0) is 20.5. The molecule has 0 saturated heterocycles. The Morgan fingerprint density at radius 3 is 2.72 bits per heavy atom. The molecule has 0 aliphatic rings. The summed E-state index contributed by atoms with van der Waals surface area (Å²) in [5.74, 6) is -0.706. The van der Waals surface area contributed by atoms with Crippen molar-refractivity contribution in [1.29, 1.82) is 0 Å². The number of rotatable bonds is 5. The molecule has 3 aromatic heterocycles. The van der Waals surface area contributed by atoms with E-state index in [-0.39, 0.29) is 11.0 Å². The van der Waals surface area contributed by atoms with E-state index in [1.165, 1.54) is 5.56 Å². The van der Waals surface area contributed by atoms with E-state index >= 15 is 0 Å². The summed E-state index contributed by atoms with van der Waals surface area (Å²) in [7, 11) is 0. The number of amides is 1. The molecule has 1 aromatic carbocycles. The summed E-state index contributed by atoms with van der Waals surface area (Å²) >= 11 is 1.69. The summed E-state index contributed by atoms with van der Waals surface area (Å²) < 4.78 is 1.91. The zero-order valence-corrected chi connectivity index (χ0v) is 17.1. The largest absolute Gasteiger partial charge is 0.365 e. The average molecular weight is 404 g/mol. The van der Waals surface area contributed by atoms with E-state index in [9.17, 15) is 9.59 Å². The molecule has 5 nitrogen and oxygen atoms in total. The first-order valence-electron chi connectivity index (χ1n) is 9.49. The van der Waals surface area contributed by atoms with Crippen molar-refractivity contribution in [2.24, 2.45) is 5.73 Å². The van der Waals surface area contributed by atoms with Crippen LogP contribution in [0.15, 0.2) is 58.8 Å². The highest BCUT2D eigenvalue weighted by Crippen LogP contribution is 2.30.